The number of hydrogen-bond acceptors (Lipinski definition) is 1. The van der Waals surface area contributed by atoms with Crippen LogP contribution >= 0.6 is 24.0 Å². The van der Waals surface area contributed by atoms with Crippen molar-refractivity contribution < 1.29 is 0 Å². The van der Waals surface area contributed by atoms with Crippen molar-refractivity contribution in [1.29, 1.82) is 0 Å². The largest absolute Gasteiger partial charge is 0.370 e. The number of nitrogens with zero attached hydrogens (tertiary/aromatic N) is 1. The van der Waals surface area contributed by atoms with Gasteiger partial charge in [0, 0.05) is 6.54 Å². The Morgan fingerprint density at radius 3 is 2.25 bits per heavy atom. The Balaban J connectivity index is 0.00000225. The van der Waals surface area contributed by atoms with Crippen LogP contribution in [0.2, 0.25) is 0 Å². The van der Waals surface area contributed by atoms with Crippen molar-refractivity contribution in [2.45, 2.75) is 20.3 Å². The molecule has 0 fully saturated rings. The summed E-state index contributed by atoms with van der Waals surface area (Å²) in [5.41, 5.74) is 12.0. The molecule has 1 rings (SSSR count). The number of aliphatic imine (C=N–C) groups is 1. The third-order valence-electron chi connectivity index (χ3n) is 2.22. The molecule has 0 bridgehead atoms. The maximum Gasteiger partial charge on any atom is 0.185 e. The van der Waals surface area contributed by atoms with E-state index < -0.39 is 0 Å². The van der Waals surface area contributed by atoms with E-state index in [9.17, 15) is 0 Å². The van der Waals surface area contributed by atoms with Crippen LogP contribution in [0.25, 0.3) is 0 Å². The Labute approximate surface area is 114 Å². The van der Waals surface area contributed by atoms with E-state index in [0.29, 0.717) is 6.54 Å². The van der Waals surface area contributed by atoms with Crippen LogP contribution in [0, 0.1) is 5.41 Å². The summed E-state index contributed by atoms with van der Waals surface area (Å²) in [5, 5.41) is 0. The molecule has 1 aromatic rings. The van der Waals surface area contributed by atoms with E-state index in [1.807, 2.05) is 18.2 Å². The van der Waals surface area contributed by atoms with Crippen molar-refractivity contribution >= 4 is 29.9 Å². The highest BCUT2D eigenvalue weighted by Gasteiger charge is 2.17. The van der Waals surface area contributed by atoms with Gasteiger partial charge in [0.2, 0.25) is 0 Å². The molecule has 0 radical (unpaired) electrons. The lowest BCUT2D eigenvalue weighted by molar-refractivity contribution is 0.378. The second-order valence-electron chi connectivity index (χ2n) is 4.57. The fourth-order valence-electron chi connectivity index (χ4n) is 1.51. The summed E-state index contributed by atoms with van der Waals surface area (Å²) in [5.74, 6) is 0.163. The van der Waals surface area contributed by atoms with Gasteiger partial charge >= 0.3 is 0 Å². The Kier molecular flexibility index (Phi) is 6.40. The van der Waals surface area contributed by atoms with E-state index in [4.69, 9.17) is 11.5 Å². The second-order valence-corrected chi connectivity index (χ2v) is 4.57. The normalized spacial score (nSPS) is 10.4. The van der Waals surface area contributed by atoms with Crippen LogP contribution in [-0.2, 0) is 6.42 Å². The summed E-state index contributed by atoms with van der Waals surface area (Å²) in [6, 6.07) is 10.4. The molecule has 0 aromatic heterocycles. The predicted octanol–water partition coefficient (Wildman–Crippen LogP) is 2.15. The van der Waals surface area contributed by atoms with Gasteiger partial charge in [-0.1, -0.05) is 44.2 Å². The highest BCUT2D eigenvalue weighted by Crippen LogP contribution is 2.21. The lowest BCUT2D eigenvalue weighted by Crippen LogP contribution is -2.27. The molecule has 4 N–H and O–H groups in total. The van der Waals surface area contributed by atoms with Crippen molar-refractivity contribution in [3.63, 3.8) is 0 Å². The minimum atomic E-state index is 0. The lowest BCUT2D eigenvalue weighted by atomic mass is 9.86. The van der Waals surface area contributed by atoms with E-state index in [0.717, 1.165) is 6.42 Å². The summed E-state index contributed by atoms with van der Waals surface area (Å²) >= 11 is 0. The number of nitrogens with two attached hydrogens (primary N) is 2. The van der Waals surface area contributed by atoms with Gasteiger partial charge in [0.15, 0.2) is 5.96 Å². The molecule has 4 heteroatoms. The summed E-state index contributed by atoms with van der Waals surface area (Å²) in [4.78, 5) is 4.06. The fraction of sp³-hybridized carbons (Fsp3) is 0.417. The Morgan fingerprint density at radius 2 is 1.75 bits per heavy atom. The van der Waals surface area contributed by atoms with Crippen LogP contribution in [0.15, 0.2) is 35.3 Å². The van der Waals surface area contributed by atoms with Crippen molar-refractivity contribution in [1.82, 2.24) is 0 Å². The summed E-state index contributed by atoms with van der Waals surface area (Å²) in [7, 11) is 0. The van der Waals surface area contributed by atoms with Crippen molar-refractivity contribution in [2.24, 2.45) is 21.9 Å². The van der Waals surface area contributed by atoms with Gasteiger partial charge in [0.25, 0.3) is 0 Å². The molecule has 0 spiro atoms. The minimum absolute atomic E-state index is 0. The van der Waals surface area contributed by atoms with Crippen molar-refractivity contribution in [2.75, 3.05) is 6.54 Å². The molecule has 0 amide bonds. The highest BCUT2D eigenvalue weighted by molar-refractivity contribution is 14.0. The molecule has 0 unspecified atom stereocenters. The van der Waals surface area contributed by atoms with E-state index in [-0.39, 0.29) is 35.4 Å². The van der Waals surface area contributed by atoms with Crippen LogP contribution in [0.5, 0.6) is 0 Å². The van der Waals surface area contributed by atoms with Gasteiger partial charge in [-0.05, 0) is 17.4 Å². The molecule has 0 aliphatic heterocycles. The van der Waals surface area contributed by atoms with Gasteiger partial charge in [-0.3, -0.25) is 4.99 Å². The van der Waals surface area contributed by atoms with Crippen LogP contribution < -0.4 is 11.5 Å². The average Bonchev–Trinajstić information content (AvgIpc) is 2.16. The Morgan fingerprint density at radius 1 is 1.19 bits per heavy atom. The summed E-state index contributed by atoms with van der Waals surface area (Å²) in [6.07, 6.45) is 0.977. The van der Waals surface area contributed by atoms with Gasteiger partial charge in [-0.25, -0.2) is 0 Å². The standard InChI is InChI=1S/C12H19N3.HI/c1-12(2,9-15-11(13)14)8-10-6-4-3-5-7-10;/h3-7H,8-9H2,1-2H3,(H4,13,14,15);1H. The van der Waals surface area contributed by atoms with Crippen LogP contribution in [0.4, 0.5) is 0 Å². The van der Waals surface area contributed by atoms with Gasteiger partial charge in [-0.2, -0.15) is 0 Å². The third kappa shape index (κ3) is 5.95. The smallest absolute Gasteiger partial charge is 0.185 e. The molecule has 16 heavy (non-hydrogen) atoms. The first-order valence-corrected chi connectivity index (χ1v) is 5.09. The quantitative estimate of drug-likeness (QED) is 0.504. The third-order valence-corrected chi connectivity index (χ3v) is 2.22. The molecule has 1 aromatic carbocycles. The molecule has 0 heterocycles. The fourth-order valence-corrected chi connectivity index (χ4v) is 1.51. The molecule has 0 saturated carbocycles. The number of guanidine groups is 1. The molecule has 0 atom stereocenters. The molecule has 0 saturated heterocycles. The van der Waals surface area contributed by atoms with Crippen LogP contribution in [-0.4, -0.2) is 12.5 Å². The molecular formula is C12H20IN3. The first kappa shape index (κ1) is 15.2. The summed E-state index contributed by atoms with van der Waals surface area (Å²) in [6.45, 7) is 4.98. The van der Waals surface area contributed by atoms with E-state index in [2.05, 4.69) is 31.0 Å². The topological polar surface area (TPSA) is 64.4 Å². The molecule has 3 nitrogen and oxygen atoms in total. The van der Waals surface area contributed by atoms with Crippen molar-refractivity contribution in [3.05, 3.63) is 35.9 Å². The van der Waals surface area contributed by atoms with Gasteiger partial charge in [-0.15, -0.1) is 24.0 Å². The number of rotatable bonds is 4. The van der Waals surface area contributed by atoms with Crippen LogP contribution in [0.3, 0.4) is 0 Å². The predicted molar refractivity (Wildman–Crippen MR) is 80.0 cm³/mol. The Hall–Kier alpha value is -0.780. The molecular weight excluding hydrogens is 313 g/mol. The van der Waals surface area contributed by atoms with E-state index >= 15 is 0 Å². The molecule has 90 valence electrons. The zero-order valence-electron chi connectivity index (χ0n) is 9.81. The molecule has 0 aliphatic rings. The maximum atomic E-state index is 5.32. The van der Waals surface area contributed by atoms with Gasteiger partial charge in [0.05, 0.1) is 0 Å². The average molecular weight is 333 g/mol. The van der Waals surface area contributed by atoms with Gasteiger partial charge < -0.3 is 11.5 Å². The highest BCUT2D eigenvalue weighted by atomic mass is 127. The zero-order chi connectivity index (χ0) is 11.3. The molecule has 0 aliphatic carbocycles. The first-order valence-electron chi connectivity index (χ1n) is 5.09. The minimum Gasteiger partial charge on any atom is -0.370 e. The lowest BCUT2D eigenvalue weighted by Gasteiger charge is -2.22. The SMILES string of the molecule is CC(C)(CN=C(N)N)Cc1ccccc1.I. The Bertz CT molecular complexity index is 329. The number of halogens is 1. The number of hydrogen-bond donors (Lipinski definition) is 2. The monoisotopic (exact) mass is 333 g/mol. The zero-order valence-corrected chi connectivity index (χ0v) is 12.1. The second kappa shape index (κ2) is 6.73. The van der Waals surface area contributed by atoms with Gasteiger partial charge in [0.1, 0.15) is 0 Å². The maximum absolute atomic E-state index is 5.32. The van der Waals surface area contributed by atoms with E-state index in [1.165, 1.54) is 5.56 Å². The van der Waals surface area contributed by atoms with E-state index in [1.54, 1.807) is 0 Å². The first-order chi connectivity index (χ1) is 6.99. The van der Waals surface area contributed by atoms with Crippen molar-refractivity contribution in [3.8, 4) is 0 Å². The van der Waals surface area contributed by atoms with Crippen LogP contribution in [0.1, 0.15) is 19.4 Å². The summed E-state index contributed by atoms with van der Waals surface area (Å²) < 4.78 is 0. The number of benzene rings is 1.